The highest BCUT2D eigenvalue weighted by Gasteiger charge is 2.12. The first kappa shape index (κ1) is 13.7. The molecule has 0 radical (unpaired) electrons. The van der Waals surface area contributed by atoms with E-state index in [4.69, 9.17) is 0 Å². The van der Waals surface area contributed by atoms with E-state index in [2.05, 4.69) is 20.9 Å². The van der Waals surface area contributed by atoms with Gasteiger partial charge in [-0.05, 0) is 34.5 Å². The molecule has 1 amide bonds. The number of benzene rings is 1. The number of hydrogen-bond donors (Lipinski definition) is 0. The van der Waals surface area contributed by atoms with Crippen molar-refractivity contribution in [2.75, 3.05) is 7.05 Å². The van der Waals surface area contributed by atoms with Crippen molar-refractivity contribution >= 4 is 21.8 Å². The molecule has 19 heavy (non-hydrogen) atoms. The van der Waals surface area contributed by atoms with Crippen molar-refractivity contribution in [3.63, 3.8) is 0 Å². The molecule has 0 aliphatic rings. The van der Waals surface area contributed by atoms with Crippen molar-refractivity contribution in [1.29, 1.82) is 0 Å². The van der Waals surface area contributed by atoms with Crippen LogP contribution in [-0.4, -0.2) is 22.8 Å². The Morgan fingerprint density at radius 2 is 1.95 bits per heavy atom. The average molecular weight is 319 g/mol. The van der Waals surface area contributed by atoms with Crippen molar-refractivity contribution < 1.29 is 4.79 Å². The van der Waals surface area contributed by atoms with E-state index in [0.717, 1.165) is 10.0 Å². The Balaban J connectivity index is 2.09. The number of carbonyl (C=O) groups is 1. The van der Waals surface area contributed by atoms with Crippen molar-refractivity contribution in [2.24, 2.45) is 0 Å². The summed E-state index contributed by atoms with van der Waals surface area (Å²) in [4.78, 5) is 17.9. The third-order valence-electron chi connectivity index (χ3n) is 2.84. The Labute approximate surface area is 121 Å². The van der Waals surface area contributed by atoms with Crippen LogP contribution in [0.15, 0.2) is 47.2 Å². The topological polar surface area (TPSA) is 33.2 Å². The molecule has 0 spiro atoms. The number of carbonyl (C=O) groups excluding carboxylic acids is 1. The highest BCUT2D eigenvalue weighted by molar-refractivity contribution is 9.10. The first-order valence-corrected chi connectivity index (χ1v) is 6.77. The molecule has 2 rings (SSSR count). The highest BCUT2D eigenvalue weighted by Crippen LogP contribution is 2.13. The molecule has 0 bridgehead atoms. The van der Waals surface area contributed by atoms with E-state index >= 15 is 0 Å². The summed E-state index contributed by atoms with van der Waals surface area (Å²) >= 11 is 3.32. The van der Waals surface area contributed by atoms with Gasteiger partial charge in [0.05, 0.1) is 5.56 Å². The fraction of sp³-hybridized carbons (Fsp3) is 0.200. The van der Waals surface area contributed by atoms with Gasteiger partial charge in [0.2, 0.25) is 0 Å². The molecule has 4 heteroatoms. The van der Waals surface area contributed by atoms with Crippen LogP contribution in [0.2, 0.25) is 0 Å². The Morgan fingerprint density at radius 3 is 2.58 bits per heavy atom. The molecular weight excluding hydrogens is 304 g/mol. The SMILES string of the molecule is Cc1ccc(CN(C)C(=O)c2cncc(Br)c2)cc1. The predicted molar refractivity (Wildman–Crippen MR) is 78.9 cm³/mol. The van der Waals surface area contributed by atoms with Crippen molar-refractivity contribution in [3.05, 3.63) is 63.9 Å². The summed E-state index contributed by atoms with van der Waals surface area (Å²) in [7, 11) is 1.79. The van der Waals surface area contributed by atoms with E-state index in [1.807, 2.05) is 31.2 Å². The van der Waals surface area contributed by atoms with Crippen LogP contribution in [0.5, 0.6) is 0 Å². The summed E-state index contributed by atoms with van der Waals surface area (Å²) in [5.41, 5.74) is 2.92. The molecule has 98 valence electrons. The Hall–Kier alpha value is -1.68. The lowest BCUT2D eigenvalue weighted by Crippen LogP contribution is -2.26. The van der Waals surface area contributed by atoms with E-state index in [0.29, 0.717) is 12.1 Å². The standard InChI is InChI=1S/C15H15BrN2O/c1-11-3-5-12(6-4-11)10-18(2)15(19)13-7-14(16)9-17-8-13/h3-9H,10H2,1-2H3. The molecule has 0 aliphatic carbocycles. The molecule has 1 heterocycles. The second kappa shape index (κ2) is 5.97. The summed E-state index contributed by atoms with van der Waals surface area (Å²) in [6, 6.07) is 9.96. The number of nitrogens with zero attached hydrogens (tertiary/aromatic N) is 2. The smallest absolute Gasteiger partial charge is 0.255 e. The molecule has 0 fully saturated rings. The van der Waals surface area contributed by atoms with E-state index in [-0.39, 0.29) is 5.91 Å². The Kier molecular flexibility index (Phi) is 4.32. The van der Waals surface area contributed by atoms with Gasteiger partial charge in [0.15, 0.2) is 0 Å². The molecule has 1 aromatic carbocycles. The van der Waals surface area contributed by atoms with Gasteiger partial charge in [0, 0.05) is 30.5 Å². The van der Waals surface area contributed by atoms with E-state index in [9.17, 15) is 4.79 Å². The third kappa shape index (κ3) is 3.64. The summed E-state index contributed by atoms with van der Waals surface area (Å²) < 4.78 is 0.807. The number of aromatic nitrogens is 1. The fourth-order valence-electron chi connectivity index (χ4n) is 1.79. The normalized spacial score (nSPS) is 10.3. The number of halogens is 1. The zero-order chi connectivity index (χ0) is 13.8. The molecule has 0 unspecified atom stereocenters. The second-order valence-electron chi connectivity index (χ2n) is 4.54. The van der Waals surface area contributed by atoms with Crippen molar-refractivity contribution in [1.82, 2.24) is 9.88 Å². The van der Waals surface area contributed by atoms with Crippen LogP contribution < -0.4 is 0 Å². The van der Waals surface area contributed by atoms with Crippen LogP contribution in [0.3, 0.4) is 0 Å². The second-order valence-corrected chi connectivity index (χ2v) is 5.45. The van der Waals surface area contributed by atoms with Crippen molar-refractivity contribution in [2.45, 2.75) is 13.5 Å². The van der Waals surface area contributed by atoms with E-state index in [1.54, 1.807) is 30.4 Å². The van der Waals surface area contributed by atoms with Crippen LogP contribution >= 0.6 is 15.9 Å². The first-order valence-electron chi connectivity index (χ1n) is 5.98. The largest absolute Gasteiger partial charge is 0.337 e. The summed E-state index contributed by atoms with van der Waals surface area (Å²) in [6.45, 7) is 2.64. The number of aryl methyl sites for hydroxylation is 1. The molecule has 0 N–H and O–H groups in total. The maximum absolute atomic E-state index is 12.2. The fourth-order valence-corrected chi connectivity index (χ4v) is 2.15. The Morgan fingerprint density at radius 1 is 1.26 bits per heavy atom. The Bertz CT molecular complexity index is 581. The quantitative estimate of drug-likeness (QED) is 0.868. The zero-order valence-corrected chi connectivity index (χ0v) is 12.5. The first-order chi connectivity index (χ1) is 9.06. The zero-order valence-electron chi connectivity index (χ0n) is 10.9. The van der Waals surface area contributed by atoms with Crippen LogP contribution in [0.1, 0.15) is 21.5 Å². The van der Waals surface area contributed by atoms with Gasteiger partial charge in [-0.3, -0.25) is 9.78 Å². The maximum atomic E-state index is 12.2. The van der Waals surface area contributed by atoms with E-state index < -0.39 is 0 Å². The van der Waals surface area contributed by atoms with Crippen LogP contribution in [0.25, 0.3) is 0 Å². The monoisotopic (exact) mass is 318 g/mol. The van der Waals surface area contributed by atoms with Gasteiger partial charge < -0.3 is 4.90 Å². The van der Waals surface area contributed by atoms with Crippen LogP contribution in [0, 0.1) is 6.92 Å². The third-order valence-corrected chi connectivity index (χ3v) is 3.27. The molecule has 0 saturated carbocycles. The van der Waals surface area contributed by atoms with Gasteiger partial charge >= 0.3 is 0 Å². The van der Waals surface area contributed by atoms with Gasteiger partial charge in [-0.1, -0.05) is 29.8 Å². The molecule has 0 aliphatic heterocycles. The minimum atomic E-state index is -0.0330. The molecule has 1 aromatic heterocycles. The van der Waals surface area contributed by atoms with Crippen molar-refractivity contribution in [3.8, 4) is 0 Å². The lowest BCUT2D eigenvalue weighted by molar-refractivity contribution is 0.0784. The van der Waals surface area contributed by atoms with Gasteiger partial charge in [0.1, 0.15) is 0 Å². The summed E-state index contributed by atoms with van der Waals surface area (Å²) in [5.74, 6) is -0.0330. The van der Waals surface area contributed by atoms with E-state index in [1.165, 1.54) is 5.56 Å². The minimum Gasteiger partial charge on any atom is -0.337 e. The maximum Gasteiger partial charge on any atom is 0.255 e. The molecule has 0 saturated heterocycles. The van der Waals surface area contributed by atoms with Gasteiger partial charge in [-0.15, -0.1) is 0 Å². The highest BCUT2D eigenvalue weighted by atomic mass is 79.9. The van der Waals surface area contributed by atoms with Gasteiger partial charge in [-0.25, -0.2) is 0 Å². The lowest BCUT2D eigenvalue weighted by Gasteiger charge is -2.17. The van der Waals surface area contributed by atoms with Crippen LogP contribution in [-0.2, 0) is 6.54 Å². The van der Waals surface area contributed by atoms with Gasteiger partial charge in [0.25, 0.3) is 5.91 Å². The number of hydrogen-bond acceptors (Lipinski definition) is 2. The average Bonchev–Trinajstić information content (AvgIpc) is 2.40. The summed E-state index contributed by atoms with van der Waals surface area (Å²) in [5, 5.41) is 0. The molecule has 2 aromatic rings. The minimum absolute atomic E-state index is 0.0330. The summed E-state index contributed by atoms with van der Waals surface area (Å²) in [6.07, 6.45) is 3.25. The lowest BCUT2D eigenvalue weighted by atomic mass is 10.1. The molecule has 0 atom stereocenters. The molecule has 3 nitrogen and oxygen atoms in total. The number of amides is 1. The number of pyridine rings is 1. The number of rotatable bonds is 3. The molecular formula is C15H15BrN2O. The van der Waals surface area contributed by atoms with Crippen LogP contribution in [0.4, 0.5) is 0 Å². The van der Waals surface area contributed by atoms with Gasteiger partial charge in [-0.2, -0.15) is 0 Å². The predicted octanol–water partition coefficient (Wildman–Crippen LogP) is 3.42.